The summed E-state index contributed by atoms with van der Waals surface area (Å²) in [6, 6.07) is 7.25. The van der Waals surface area contributed by atoms with E-state index < -0.39 is 18.0 Å². The summed E-state index contributed by atoms with van der Waals surface area (Å²) in [6.45, 7) is 2.57. The first-order chi connectivity index (χ1) is 8.99. The second kappa shape index (κ2) is 7.59. The lowest BCUT2D eigenvalue weighted by atomic mass is 10.2. The molecule has 1 atom stereocenters. The zero-order valence-electron chi connectivity index (χ0n) is 10.8. The third-order valence-electron chi connectivity index (χ3n) is 2.16. The van der Waals surface area contributed by atoms with Gasteiger partial charge >= 0.3 is 11.9 Å². The number of esters is 2. The highest BCUT2D eigenvalue weighted by Crippen LogP contribution is 2.16. The van der Waals surface area contributed by atoms with Crippen LogP contribution in [0.4, 0.5) is 0 Å². The molecule has 1 aromatic carbocycles. The molecule has 0 aromatic heterocycles. The second-order valence-corrected chi connectivity index (χ2v) is 4.24. The summed E-state index contributed by atoms with van der Waals surface area (Å²) in [5.74, 6) is -0.871. The Bertz CT molecular complexity index is 482. The maximum atomic E-state index is 11.0. The van der Waals surface area contributed by atoms with E-state index in [0.717, 1.165) is 5.56 Å². The number of ether oxygens (including phenoxy) is 2. The summed E-state index contributed by atoms with van der Waals surface area (Å²) >= 11 is 6.00. The molecular weight excluding hydrogens is 268 g/mol. The van der Waals surface area contributed by atoms with Crippen molar-refractivity contribution in [1.29, 1.82) is 0 Å². The SMILES string of the molecule is CC(=O)OCC(/C=C/c1ccccc1Cl)OC(C)=O. The van der Waals surface area contributed by atoms with E-state index in [1.807, 2.05) is 18.2 Å². The Morgan fingerprint density at radius 3 is 2.53 bits per heavy atom. The average Bonchev–Trinajstić information content (AvgIpc) is 2.33. The third-order valence-corrected chi connectivity index (χ3v) is 2.51. The number of carbonyl (C=O) groups excluding carboxylic acids is 2. The van der Waals surface area contributed by atoms with Crippen molar-refractivity contribution >= 4 is 29.6 Å². The van der Waals surface area contributed by atoms with Crippen LogP contribution in [0.2, 0.25) is 5.02 Å². The van der Waals surface area contributed by atoms with E-state index in [9.17, 15) is 9.59 Å². The first kappa shape index (κ1) is 15.2. The molecule has 1 aromatic rings. The highest BCUT2D eigenvalue weighted by atomic mass is 35.5. The van der Waals surface area contributed by atoms with Crippen molar-refractivity contribution in [1.82, 2.24) is 0 Å². The topological polar surface area (TPSA) is 52.6 Å². The van der Waals surface area contributed by atoms with Crippen LogP contribution in [0, 0.1) is 0 Å². The molecule has 0 amide bonds. The number of rotatable bonds is 5. The van der Waals surface area contributed by atoms with Gasteiger partial charge in [-0.25, -0.2) is 0 Å². The Kier molecular flexibility index (Phi) is 6.09. The van der Waals surface area contributed by atoms with Crippen LogP contribution in [0.1, 0.15) is 19.4 Å². The molecule has 0 saturated carbocycles. The molecule has 0 heterocycles. The van der Waals surface area contributed by atoms with Gasteiger partial charge in [-0.3, -0.25) is 9.59 Å². The minimum Gasteiger partial charge on any atom is -0.462 e. The molecule has 0 aliphatic heterocycles. The van der Waals surface area contributed by atoms with Gasteiger partial charge in [0.1, 0.15) is 6.61 Å². The van der Waals surface area contributed by atoms with E-state index >= 15 is 0 Å². The van der Waals surface area contributed by atoms with Gasteiger partial charge in [-0.1, -0.05) is 35.9 Å². The van der Waals surface area contributed by atoms with Crippen LogP contribution in [-0.4, -0.2) is 24.6 Å². The van der Waals surface area contributed by atoms with E-state index in [0.29, 0.717) is 5.02 Å². The maximum Gasteiger partial charge on any atom is 0.303 e. The lowest BCUT2D eigenvalue weighted by Crippen LogP contribution is -2.21. The predicted octanol–water partition coefficient (Wildman–Crippen LogP) is 2.85. The van der Waals surface area contributed by atoms with Crippen molar-refractivity contribution in [2.75, 3.05) is 6.61 Å². The fraction of sp³-hybridized carbons (Fsp3) is 0.286. The van der Waals surface area contributed by atoms with Crippen molar-refractivity contribution in [3.05, 3.63) is 40.9 Å². The summed E-state index contributed by atoms with van der Waals surface area (Å²) in [6.07, 6.45) is 2.73. The van der Waals surface area contributed by atoms with Crippen molar-refractivity contribution < 1.29 is 19.1 Å². The molecule has 0 bridgehead atoms. The van der Waals surface area contributed by atoms with Gasteiger partial charge in [-0.05, 0) is 17.7 Å². The lowest BCUT2D eigenvalue weighted by Gasteiger charge is -2.12. The number of carbonyl (C=O) groups is 2. The molecule has 1 unspecified atom stereocenters. The highest BCUT2D eigenvalue weighted by Gasteiger charge is 2.10. The molecule has 0 aliphatic rings. The van der Waals surface area contributed by atoms with Crippen molar-refractivity contribution in [2.45, 2.75) is 20.0 Å². The maximum absolute atomic E-state index is 11.0. The minimum atomic E-state index is -0.627. The van der Waals surface area contributed by atoms with Gasteiger partial charge < -0.3 is 9.47 Å². The first-order valence-corrected chi connectivity index (χ1v) is 6.10. The molecule has 5 heteroatoms. The molecule has 102 valence electrons. The molecule has 0 aliphatic carbocycles. The molecule has 4 nitrogen and oxygen atoms in total. The standard InChI is InChI=1S/C14H15ClO4/c1-10(16)18-9-13(19-11(2)17)8-7-12-5-3-4-6-14(12)15/h3-8,13H,9H2,1-2H3/b8-7+. The fourth-order valence-corrected chi connectivity index (χ4v) is 1.56. The summed E-state index contributed by atoms with van der Waals surface area (Å²) < 4.78 is 9.84. The van der Waals surface area contributed by atoms with Crippen LogP contribution in [0.25, 0.3) is 6.08 Å². The summed E-state index contributed by atoms with van der Waals surface area (Å²) in [7, 11) is 0. The molecule has 0 N–H and O–H groups in total. The van der Waals surface area contributed by atoms with Gasteiger partial charge in [0.25, 0.3) is 0 Å². The molecule has 0 spiro atoms. The van der Waals surface area contributed by atoms with Gasteiger partial charge in [0.15, 0.2) is 6.10 Å². The van der Waals surface area contributed by atoms with Crippen LogP contribution in [0.3, 0.4) is 0 Å². The number of hydrogen-bond acceptors (Lipinski definition) is 4. The van der Waals surface area contributed by atoms with Gasteiger partial charge in [-0.15, -0.1) is 0 Å². The zero-order chi connectivity index (χ0) is 14.3. The Labute approximate surface area is 117 Å². The van der Waals surface area contributed by atoms with Gasteiger partial charge in [0.05, 0.1) is 0 Å². The van der Waals surface area contributed by atoms with E-state index in [1.54, 1.807) is 18.2 Å². The smallest absolute Gasteiger partial charge is 0.303 e. The predicted molar refractivity (Wildman–Crippen MR) is 72.7 cm³/mol. The second-order valence-electron chi connectivity index (χ2n) is 3.83. The van der Waals surface area contributed by atoms with Crippen molar-refractivity contribution in [3.63, 3.8) is 0 Å². The van der Waals surface area contributed by atoms with Gasteiger partial charge in [0, 0.05) is 18.9 Å². The van der Waals surface area contributed by atoms with E-state index in [1.165, 1.54) is 13.8 Å². The van der Waals surface area contributed by atoms with Gasteiger partial charge in [0.2, 0.25) is 0 Å². The largest absolute Gasteiger partial charge is 0.462 e. The fourth-order valence-electron chi connectivity index (χ4n) is 1.36. The zero-order valence-corrected chi connectivity index (χ0v) is 11.5. The Balaban J connectivity index is 2.73. The average molecular weight is 283 g/mol. The van der Waals surface area contributed by atoms with E-state index in [2.05, 4.69) is 0 Å². The van der Waals surface area contributed by atoms with Crippen LogP contribution < -0.4 is 0 Å². The molecule has 0 radical (unpaired) electrons. The minimum absolute atomic E-state index is 0.0180. The quantitative estimate of drug-likeness (QED) is 0.779. The van der Waals surface area contributed by atoms with E-state index in [-0.39, 0.29) is 6.61 Å². The van der Waals surface area contributed by atoms with E-state index in [4.69, 9.17) is 21.1 Å². The Morgan fingerprint density at radius 1 is 1.26 bits per heavy atom. The monoisotopic (exact) mass is 282 g/mol. The lowest BCUT2D eigenvalue weighted by molar-refractivity contribution is -0.153. The normalized spacial score (nSPS) is 12.2. The summed E-state index contributed by atoms with van der Waals surface area (Å²) in [4.78, 5) is 21.7. The Hall–Kier alpha value is -1.81. The van der Waals surface area contributed by atoms with Crippen LogP contribution in [-0.2, 0) is 19.1 Å². The van der Waals surface area contributed by atoms with Crippen LogP contribution >= 0.6 is 11.6 Å². The third kappa shape index (κ3) is 6.06. The molecule has 1 rings (SSSR count). The molecular formula is C14H15ClO4. The number of hydrogen-bond donors (Lipinski definition) is 0. The van der Waals surface area contributed by atoms with Crippen molar-refractivity contribution in [2.24, 2.45) is 0 Å². The highest BCUT2D eigenvalue weighted by molar-refractivity contribution is 6.32. The Morgan fingerprint density at radius 2 is 1.95 bits per heavy atom. The van der Waals surface area contributed by atoms with Crippen molar-refractivity contribution in [3.8, 4) is 0 Å². The van der Waals surface area contributed by atoms with Crippen LogP contribution in [0.5, 0.6) is 0 Å². The van der Waals surface area contributed by atoms with Gasteiger partial charge in [-0.2, -0.15) is 0 Å². The first-order valence-electron chi connectivity index (χ1n) is 5.72. The molecule has 0 saturated heterocycles. The summed E-state index contributed by atoms with van der Waals surface area (Å²) in [5, 5.41) is 0.591. The molecule has 19 heavy (non-hydrogen) atoms. The summed E-state index contributed by atoms with van der Waals surface area (Å²) in [5.41, 5.74) is 0.796. The number of halogens is 1. The van der Waals surface area contributed by atoms with Crippen LogP contribution in [0.15, 0.2) is 30.3 Å². The molecule has 0 fully saturated rings. The number of benzene rings is 1.